The van der Waals surface area contributed by atoms with Crippen molar-refractivity contribution in [2.24, 2.45) is 0 Å². The number of hydrogen-bond donors (Lipinski definition) is 1. The van der Waals surface area contributed by atoms with Gasteiger partial charge in [-0.25, -0.2) is 4.39 Å². The van der Waals surface area contributed by atoms with E-state index in [1.807, 2.05) is 19.2 Å². The van der Waals surface area contributed by atoms with E-state index in [-0.39, 0.29) is 5.82 Å². The van der Waals surface area contributed by atoms with Crippen LogP contribution in [0, 0.1) is 5.82 Å². The van der Waals surface area contributed by atoms with E-state index in [1.165, 1.54) is 17.2 Å². The molecule has 0 spiro atoms. The van der Waals surface area contributed by atoms with Gasteiger partial charge in [0.25, 0.3) is 0 Å². The second-order valence-corrected chi connectivity index (χ2v) is 5.74. The van der Waals surface area contributed by atoms with Crippen LogP contribution in [0.5, 0.6) is 0 Å². The van der Waals surface area contributed by atoms with Gasteiger partial charge in [-0.2, -0.15) is 0 Å². The summed E-state index contributed by atoms with van der Waals surface area (Å²) >= 11 is 0. The number of halogens is 1. The first kappa shape index (κ1) is 14.2. The third-order valence-electron chi connectivity index (χ3n) is 4.11. The maximum absolute atomic E-state index is 13.7. The fourth-order valence-electron chi connectivity index (χ4n) is 3.05. The quantitative estimate of drug-likeness (QED) is 0.928. The van der Waals surface area contributed by atoms with Gasteiger partial charge in [-0.3, -0.25) is 0 Å². The van der Waals surface area contributed by atoms with Crippen LogP contribution in [-0.4, -0.2) is 25.0 Å². The van der Waals surface area contributed by atoms with E-state index < -0.39 is 0 Å². The Morgan fingerprint density at radius 1 is 1.14 bits per heavy atom. The van der Waals surface area contributed by atoms with Gasteiger partial charge in [-0.1, -0.05) is 42.5 Å². The zero-order valence-corrected chi connectivity index (χ0v) is 12.3. The molecule has 2 nitrogen and oxygen atoms in total. The Morgan fingerprint density at radius 2 is 1.90 bits per heavy atom. The SMILES string of the molecule is CN(Cc1ccccc1F)CC1NCCc2ccccc21. The zero-order chi connectivity index (χ0) is 14.7. The van der Waals surface area contributed by atoms with Crippen LogP contribution in [0.2, 0.25) is 0 Å². The highest BCUT2D eigenvalue weighted by molar-refractivity contribution is 5.32. The molecule has 0 aromatic heterocycles. The Balaban J connectivity index is 1.69. The summed E-state index contributed by atoms with van der Waals surface area (Å²) in [7, 11) is 2.05. The smallest absolute Gasteiger partial charge is 0.127 e. The van der Waals surface area contributed by atoms with Crippen LogP contribution in [0.15, 0.2) is 48.5 Å². The van der Waals surface area contributed by atoms with E-state index in [0.29, 0.717) is 12.6 Å². The normalized spacial score (nSPS) is 17.8. The van der Waals surface area contributed by atoms with Crippen LogP contribution < -0.4 is 5.32 Å². The Bertz CT molecular complexity index is 612. The fraction of sp³-hybridized carbons (Fsp3) is 0.333. The molecule has 1 unspecified atom stereocenters. The third kappa shape index (κ3) is 3.31. The van der Waals surface area contributed by atoms with E-state index in [9.17, 15) is 4.39 Å². The summed E-state index contributed by atoms with van der Waals surface area (Å²) < 4.78 is 13.7. The first-order valence-corrected chi connectivity index (χ1v) is 7.47. The molecule has 0 saturated carbocycles. The Labute approximate surface area is 125 Å². The van der Waals surface area contributed by atoms with Crippen molar-refractivity contribution in [3.05, 3.63) is 71.0 Å². The van der Waals surface area contributed by atoms with Gasteiger partial charge in [0.2, 0.25) is 0 Å². The molecule has 0 fully saturated rings. The Hall–Kier alpha value is -1.71. The molecule has 0 saturated heterocycles. The molecule has 1 atom stereocenters. The molecule has 21 heavy (non-hydrogen) atoms. The van der Waals surface area contributed by atoms with Crippen LogP contribution in [0.25, 0.3) is 0 Å². The lowest BCUT2D eigenvalue weighted by molar-refractivity contribution is 0.275. The average Bonchev–Trinajstić information content (AvgIpc) is 2.50. The molecule has 1 aliphatic heterocycles. The summed E-state index contributed by atoms with van der Waals surface area (Å²) in [5.74, 6) is -0.124. The number of rotatable bonds is 4. The van der Waals surface area contributed by atoms with Crippen LogP contribution >= 0.6 is 0 Å². The standard InChI is InChI=1S/C18H21FN2/c1-21(12-15-7-3-5-9-17(15)19)13-18-16-8-4-2-6-14(16)10-11-20-18/h2-9,18,20H,10-13H2,1H3. The molecule has 1 heterocycles. The second kappa shape index (κ2) is 6.37. The van der Waals surface area contributed by atoms with Gasteiger partial charge in [0.05, 0.1) is 0 Å². The zero-order valence-electron chi connectivity index (χ0n) is 12.3. The van der Waals surface area contributed by atoms with Gasteiger partial charge in [-0.15, -0.1) is 0 Å². The lowest BCUT2D eigenvalue weighted by atomic mass is 9.94. The van der Waals surface area contributed by atoms with E-state index in [2.05, 4.69) is 34.5 Å². The summed E-state index contributed by atoms with van der Waals surface area (Å²) in [4.78, 5) is 2.18. The summed E-state index contributed by atoms with van der Waals surface area (Å²) in [5.41, 5.74) is 3.56. The molecule has 0 radical (unpaired) electrons. The molecule has 1 N–H and O–H groups in total. The molecular weight excluding hydrogens is 263 g/mol. The monoisotopic (exact) mass is 284 g/mol. The van der Waals surface area contributed by atoms with Gasteiger partial charge < -0.3 is 10.2 Å². The minimum atomic E-state index is -0.124. The van der Waals surface area contributed by atoms with E-state index in [4.69, 9.17) is 0 Å². The highest BCUT2D eigenvalue weighted by Crippen LogP contribution is 2.23. The van der Waals surface area contributed by atoms with Crippen molar-refractivity contribution < 1.29 is 4.39 Å². The maximum atomic E-state index is 13.7. The van der Waals surface area contributed by atoms with Crippen LogP contribution in [-0.2, 0) is 13.0 Å². The minimum absolute atomic E-state index is 0.124. The molecule has 0 amide bonds. The van der Waals surface area contributed by atoms with E-state index in [1.54, 1.807) is 6.07 Å². The second-order valence-electron chi connectivity index (χ2n) is 5.74. The van der Waals surface area contributed by atoms with Crippen molar-refractivity contribution in [3.63, 3.8) is 0 Å². The Morgan fingerprint density at radius 3 is 2.76 bits per heavy atom. The van der Waals surface area contributed by atoms with Crippen molar-refractivity contribution in [2.75, 3.05) is 20.1 Å². The minimum Gasteiger partial charge on any atom is -0.309 e. The van der Waals surface area contributed by atoms with E-state index >= 15 is 0 Å². The predicted molar refractivity (Wildman–Crippen MR) is 83.6 cm³/mol. The van der Waals surface area contributed by atoms with Gasteiger partial charge in [-0.05, 0) is 37.2 Å². The van der Waals surface area contributed by atoms with E-state index in [0.717, 1.165) is 25.1 Å². The molecule has 0 bridgehead atoms. The van der Waals surface area contributed by atoms with Crippen molar-refractivity contribution in [1.82, 2.24) is 10.2 Å². The number of nitrogens with one attached hydrogen (secondary N) is 1. The van der Waals surface area contributed by atoms with Crippen molar-refractivity contribution in [3.8, 4) is 0 Å². The molecule has 3 rings (SSSR count). The number of benzene rings is 2. The van der Waals surface area contributed by atoms with Crippen molar-refractivity contribution >= 4 is 0 Å². The highest BCUT2D eigenvalue weighted by atomic mass is 19.1. The highest BCUT2D eigenvalue weighted by Gasteiger charge is 2.20. The van der Waals surface area contributed by atoms with Crippen LogP contribution in [0.1, 0.15) is 22.7 Å². The van der Waals surface area contributed by atoms with Gasteiger partial charge in [0, 0.05) is 24.7 Å². The summed E-state index contributed by atoms with van der Waals surface area (Å²) in [6, 6.07) is 15.9. The Kier molecular flexibility index (Phi) is 4.32. The van der Waals surface area contributed by atoms with Crippen LogP contribution in [0.3, 0.4) is 0 Å². The summed E-state index contributed by atoms with van der Waals surface area (Å²) in [6.07, 6.45) is 1.09. The lowest BCUT2D eigenvalue weighted by Gasteiger charge is -2.30. The van der Waals surface area contributed by atoms with Gasteiger partial charge in [0.1, 0.15) is 5.82 Å². The number of fused-ring (bicyclic) bond motifs is 1. The fourth-order valence-corrected chi connectivity index (χ4v) is 3.05. The largest absolute Gasteiger partial charge is 0.309 e. The summed E-state index contributed by atoms with van der Waals surface area (Å²) in [5, 5.41) is 3.57. The van der Waals surface area contributed by atoms with Crippen molar-refractivity contribution in [1.29, 1.82) is 0 Å². The summed E-state index contributed by atoms with van der Waals surface area (Å²) in [6.45, 7) is 2.52. The topological polar surface area (TPSA) is 15.3 Å². The molecule has 2 aromatic carbocycles. The molecule has 0 aliphatic carbocycles. The average molecular weight is 284 g/mol. The van der Waals surface area contributed by atoms with Crippen LogP contribution in [0.4, 0.5) is 4.39 Å². The number of hydrogen-bond acceptors (Lipinski definition) is 2. The van der Waals surface area contributed by atoms with Crippen molar-refractivity contribution in [2.45, 2.75) is 19.0 Å². The number of likely N-dealkylation sites (N-methyl/N-ethyl adjacent to an activating group) is 1. The first-order valence-electron chi connectivity index (χ1n) is 7.47. The number of nitrogens with zero attached hydrogens (tertiary/aromatic N) is 1. The van der Waals surface area contributed by atoms with Gasteiger partial charge >= 0.3 is 0 Å². The van der Waals surface area contributed by atoms with Gasteiger partial charge in [0.15, 0.2) is 0 Å². The molecular formula is C18H21FN2. The lowest BCUT2D eigenvalue weighted by Crippen LogP contribution is -2.37. The molecule has 3 heteroatoms. The maximum Gasteiger partial charge on any atom is 0.127 e. The third-order valence-corrected chi connectivity index (χ3v) is 4.11. The predicted octanol–water partition coefficient (Wildman–Crippen LogP) is 3.14. The molecule has 1 aliphatic rings. The molecule has 2 aromatic rings. The first-order chi connectivity index (χ1) is 10.2. The molecule has 110 valence electrons.